The number of benzene rings is 1. The lowest BCUT2D eigenvalue weighted by atomic mass is 10.1. The predicted octanol–water partition coefficient (Wildman–Crippen LogP) is 2.43. The minimum atomic E-state index is -0.574. The minimum absolute atomic E-state index is 0.0443. The number of aromatic amines is 1. The van der Waals surface area contributed by atoms with Crippen LogP contribution in [0.5, 0.6) is 11.5 Å². The van der Waals surface area contributed by atoms with Gasteiger partial charge in [0, 0.05) is 37.1 Å². The van der Waals surface area contributed by atoms with Gasteiger partial charge in [0.15, 0.2) is 11.5 Å². The Morgan fingerprint density at radius 2 is 1.61 bits per heavy atom. The highest BCUT2D eigenvalue weighted by molar-refractivity contribution is 6.05. The van der Waals surface area contributed by atoms with Gasteiger partial charge in [0.25, 0.3) is 5.56 Å². The average molecular weight is 315 g/mol. The number of carbonyl (C=O) groups excluding carboxylic acids is 2. The Labute approximate surface area is 129 Å². The van der Waals surface area contributed by atoms with Crippen LogP contribution in [-0.4, -0.2) is 16.9 Å². The van der Waals surface area contributed by atoms with Crippen molar-refractivity contribution in [1.82, 2.24) is 4.98 Å². The number of hydrogen-bond acceptors (Lipinski definition) is 6. The summed E-state index contributed by atoms with van der Waals surface area (Å²) >= 11 is 0. The van der Waals surface area contributed by atoms with Crippen LogP contribution in [0.1, 0.15) is 19.5 Å². The van der Waals surface area contributed by atoms with E-state index in [-0.39, 0.29) is 17.1 Å². The molecule has 7 heteroatoms. The van der Waals surface area contributed by atoms with E-state index in [4.69, 9.17) is 13.9 Å². The Morgan fingerprint density at radius 1 is 1.00 bits per heavy atom. The largest absolute Gasteiger partial charge is 0.456 e. The molecule has 23 heavy (non-hydrogen) atoms. The first-order chi connectivity index (χ1) is 10.8. The fourth-order valence-corrected chi connectivity index (χ4v) is 2.40. The van der Waals surface area contributed by atoms with Gasteiger partial charge in [-0.1, -0.05) is 0 Å². The molecule has 0 fully saturated rings. The molecule has 0 saturated heterocycles. The molecule has 3 rings (SSSR count). The summed E-state index contributed by atoms with van der Waals surface area (Å²) in [5.41, 5.74) is 1.09. The fraction of sp³-hybridized carbons (Fsp3) is 0.188. The molecule has 0 aliphatic heterocycles. The van der Waals surface area contributed by atoms with Gasteiger partial charge in [0.1, 0.15) is 11.2 Å². The van der Waals surface area contributed by atoms with Gasteiger partial charge in [-0.3, -0.25) is 14.4 Å². The molecule has 0 bridgehead atoms. The number of pyridine rings is 1. The summed E-state index contributed by atoms with van der Waals surface area (Å²) in [6.45, 7) is 4.20. The zero-order valence-corrected chi connectivity index (χ0v) is 12.7. The van der Waals surface area contributed by atoms with E-state index in [2.05, 4.69) is 4.98 Å². The molecule has 7 nitrogen and oxygen atoms in total. The number of aromatic nitrogens is 1. The van der Waals surface area contributed by atoms with Crippen molar-refractivity contribution in [2.75, 3.05) is 0 Å². The molecule has 3 aromatic rings. The van der Waals surface area contributed by atoms with Crippen molar-refractivity contribution in [3.05, 3.63) is 34.2 Å². The van der Waals surface area contributed by atoms with Crippen LogP contribution in [0.15, 0.2) is 27.4 Å². The molecule has 0 aliphatic carbocycles. The van der Waals surface area contributed by atoms with Crippen molar-refractivity contribution in [2.45, 2.75) is 20.8 Å². The van der Waals surface area contributed by atoms with Gasteiger partial charge in [0.2, 0.25) is 0 Å². The number of nitrogens with one attached hydrogen (secondary N) is 1. The van der Waals surface area contributed by atoms with Gasteiger partial charge in [-0.2, -0.15) is 0 Å². The number of esters is 2. The second-order valence-corrected chi connectivity index (χ2v) is 5.11. The fourth-order valence-electron chi connectivity index (χ4n) is 2.40. The number of ether oxygens (including phenoxy) is 2. The molecule has 0 aliphatic rings. The van der Waals surface area contributed by atoms with Gasteiger partial charge in [-0.05, 0) is 13.0 Å². The maximum Gasteiger partial charge on any atom is 0.308 e. The van der Waals surface area contributed by atoms with Crippen LogP contribution in [0.25, 0.3) is 21.9 Å². The smallest absolute Gasteiger partial charge is 0.308 e. The van der Waals surface area contributed by atoms with Gasteiger partial charge in [-0.25, -0.2) is 0 Å². The third kappa shape index (κ3) is 2.68. The molecule has 2 heterocycles. The van der Waals surface area contributed by atoms with Crippen molar-refractivity contribution >= 4 is 33.9 Å². The zero-order valence-electron chi connectivity index (χ0n) is 12.7. The van der Waals surface area contributed by atoms with E-state index in [1.807, 2.05) is 0 Å². The first kappa shape index (κ1) is 14.8. The van der Waals surface area contributed by atoms with E-state index < -0.39 is 11.9 Å². The second-order valence-electron chi connectivity index (χ2n) is 5.11. The minimum Gasteiger partial charge on any atom is -0.456 e. The highest BCUT2D eigenvalue weighted by Crippen LogP contribution is 2.37. The summed E-state index contributed by atoms with van der Waals surface area (Å²) in [5.74, 6) is -1.05. The Kier molecular flexibility index (Phi) is 3.40. The van der Waals surface area contributed by atoms with Crippen molar-refractivity contribution in [3.63, 3.8) is 0 Å². The summed E-state index contributed by atoms with van der Waals surface area (Å²) in [5, 5.41) is 0.807. The van der Waals surface area contributed by atoms with Crippen LogP contribution < -0.4 is 15.0 Å². The molecule has 0 spiro atoms. The van der Waals surface area contributed by atoms with E-state index in [1.165, 1.54) is 26.0 Å². The molecular weight excluding hydrogens is 302 g/mol. The van der Waals surface area contributed by atoms with Crippen LogP contribution in [0.3, 0.4) is 0 Å². The topological polar surface area (TPSA) is 98.6 Å². The summed E-state index contributed by atoms with van der Waals surface area (Å²) in [7, 11) is 0. The van der Waals surface area contributed by atoms with E-state index >= 15 is 0 Å². The molecule has 0 amide bonds. The van der Waals surface area contributed by atoms with Gasteiger partial charge in [-0.15, -0.1) is 0 Å². The highest BCUT2D eigenvalue weighted by atomic mass is 16.6. The Bertz CT molecular complexity index is 1010. The zero-order chi connectivity index (χ0) is 16.7. The highest BCUT2D eigenvalue weighted by Gasteiger charge is 2.18. The van der Waals surface area contributed by atoms with E-state index in [0.717, 1.165) is 0 Å². The molecule has 0 atom stereocenters. The third-order valence-corrected chi connectivity index (χ3v) is 3.17. The summed E-state index contributed by atoms with van der Waals surface area (Å²) < 4.78 is 15.8. The van der Waals surface area contributed by atoms with Gasteiger partial charge >= 0.3 is 11.9 Å². The number of rotatable bonds is 2. The summed E-state index contributed by atoms with van der Waals surface area (Å²) in [6.07, 6.45) is 0. The Morgan fingerprint density at radius 3 is 2.22 bits per heavy atom. The van der Waals surface area contributed by atoms with Crippen LogP contribution in [0, 0.1) is 6.92 Å². The summed E-state index contributed by atoms with van der Waals surface area (Å²) in [6, 6.07) is 4.56. The molecule has 1 aromatic carbocycles. The number of fused-ring (bicyclic) bond motifs is 3. The van der Waals surface area contributed by atoms with Crippen molar-refractivity contribution in [3.8, 4) is 11.5 Å². The standard InChI is InChI=1S/C16H13NO6/c1-7-4-14-15(16(20)17-7)10-5-12(21-8(2)18)13(22-9(3)19)6-11(10)23-14/h4-6H,1-3H3,(H,17,20). The SMILES string of the molecule is CC(=O)Oc1cc2oc3cc(C)[nH]c(=O)c3c2cc1OC(C)=O. The predicted molar refractivity (Wildman–Crippen MR) is 81.7 cm³/mol. The van der Waals surface area contributed by atoms with Crippen LogP contribution in [-0.2, 0) is 9.59 Å². The van der Waals surface area contributed by atoms with Crippen LogP contribution in [0.2, 0.25) is 0 Å². The first-order valence-electron chi connectivity index (χ1n) is 6.82. The molecule has 118 valence electrons. The average Bonchev–Trinajstić information content (AvgIpc) is 2.74. The van der Waals surface area contributed by atoms with Crippen molar-refractivity contribution in [2.24, 2.45) is 0 Å². The number of H-pyrrole nitrogens is 1. The monoisotopic (exact) mass is 315 g/mol. The number of furan rings is 1. The van der Waals surface area contributed by atoms with Crippen LogP contribution >= 0.6 is 0 Å². The van der Waals surface area contributed by atoms with Gasteiger partial charge < -0.3 is 18.9 Å². The Balaban J connectivity index is 2.34. The van der Waals surface area contributed by atoms with Gasteiger partial charge in [0.05, 0.1) is 5.39 Å². The lowest BCUT2D eigenvalue weighted by molar-refractivity contribution is -0.134. The number of hydrogen-bond donors (Lipinski definition) is 1. The first-order valence-corrected chi connectivity index (χ1v) is 6.82. The molecule has 0 radical (unpaired) electrons. The normalized spacial score (nSPS) is 10.9. The lowest BCUT2D eigenvalue weighted by Gasteiger charge is -2.08. The lowest BCUT2D eigenvalue weighted by Crippen LogP contribution is -2.08. The van der Waals surface area contributed by atoms with E-state index in [9.17, 15) is 14.4 Å². The van der Waals surface area contributed by atoms with E-state index in [1.54, 1.807) is 13.0 Å². The maximum absolute atomic E-state index is 12.2. The quantitative estimate of drug-likeness (QED) is 0.576. The number of carbonyl (C=O) groups is 2. The second kappa shape index (κ2) is 5.28. The third-order valence-electron chi connectivity index (χ3n) is 3.17. The van der Waals surface area contributed by atoms with E-state index in [0.29, 0.717) is 27.6 Å². The maximum atomic E-state index is 12.2. The summed E-state index contributed by atoms with van der Waals surface area (Å²) in [4.78, 5) is 37.3. The Hall–Kier alpha value is -3.09. The number of aryl methyl sites for hydroxylation is 1. The molecule has 0 saturated carbocycles. The molecular formula is C16H13NO6. The molecule has 2 aromatic heterocycles. The molecule has 1 N–H and O–H groups in total. The molecule has 0 unspecified atom stereocenters. The van der Waals surface area contributed by atoms with Crippen LogP contribution in [0.4, 0.5) is 0 Å². The van der Waals surface area contributed by atoms with Crippen molar-refractivity contribution < 1.29 is 23.5 Å². The van der Waals surface area contributed by atoms with Crippen molar-refractivity contribution in [1.29, 1.82) is 0 Å².